The molecule has 0 bridgehead atoms. The number of amides is 1. The predicted octanol–water partition coefficient (Wildman–Crippen LogP) is 0.900. The van der Waals surface area contributed by atoms with E-state index < -0.39 is 5.91 Å². The van der Waals surface area contributed by atoms with Crippen molar-refractivity contribution in [1.29, 1.82) is 0 Å². The number of carbonyl (C=O) groups excluding carboxylic acids is 1. The molecule has 1 amide bonds. The lowest BCUT2D eigenvalue weighted by Gasteiger charge is -1.97. The zero-order valence-corrected chi connectivity index (χ0v) is 12.1. The molecule has 3 heterocycles. The molecule has 1 N–H and O–H groups in total. The standard InChI is InChI=1S/C14H13N7O/c1-9-7-10(2)21-14(17-9)18-12(20-21)13(22)19-16-8-11-3-5-15-6-4-11/h3-8H,1-2H3,(H,19,22). The fourth-order valence-corrected chi connectivity index (χ4v) is 1.93. The molecule has 0 unspecified atom stereocenters. The highest BCUT2D eigenvalue weighted by Crippen LogP contribution is 2.05. The van der Waals surface area contributed by atoms with Crippen molar-refractivity contribution in [3.63, 3.8) is 0 Å². The summed E-state index contributed by atoms with van der Waals surface area (Å²) in [5.41, 5.74) is 4.89. The third kappa shape index (κ3) is 2.80. The third-order valence-electron chi connectivity index (χ3n) is 2.91. The van der Waals surface area contributed by atoms with E-state index in [4.69, 9.17) is 0 Å². The van der Waals surface area contributed by atoms with Crippen LogP contribution in [0.15, 0.2) is 35.7 Å². The number of nitrogens with one attached hydrogen (secondary N) is 1. The first kappa shape index (κ1) is 13.8. The van der Waals surface area contributed by atoms with E-state index in [1.165, 1.54) is 10.7 Å². The Morgan fingerprint density at radius 2 is 2.05 bits per heavy atom. The van der Waals surface area contributed by atoms with Gasteiger partial charge in [-0.05, 0) is 37.6 Å². The number of hydrazone groups is 1. The number of pyridine rings is 1. The van der Waals surface area contributed by atoms with E-state index in [0.717, 1.165) is 17.0 Å². The zero-order valence-electron chi connectivity index (χ0n) is 12.1. The van der Waals surface area contributed by atoms with Crippen LogP contribution in [0.3, 0.4) is 0 Å². The fourth-order valence-electron chi connectivity index (χ4n) is 1.93. The van der Waals surface area contributed by atoms with Crippen LogP contribution in [0.4, 0.5) is 0 Å². The van der Waals surface area contributed by atoms with Gasteiger partial charge in [-0.15, -0.1) is 5.10 Å². The smallest absolute Gasteiger partial charge is 0.265 e. The van der Waals surface area contributed by atoms with E-state index in [2.05, 4.69) is 30.6 Å². The molecule has 3 aromatic heterocycles. The monoisotopic (exact) mass is 295 g/mol. The number of hydrogen-bond acceptors (Lipinski definition) is 6. The number of fused-ring (bicyclic) bond motifs is 1. The van der Waals surface area contributed by atoms with Crippen LogP contribution < -0.4 is 5.43 Å². The molecular weight excluding hydrogens is 282 g/mol. The molecule has 0 atom stereocenters. The molecule has 8 heteroatoms. The molecular formula is C14H13N7O. The first-order valence-corrected chi connectivity index (χ1v) is 6.58. The molecule has 0 saturated heterocycles. The maximum absolute atomic E-state index is 12.0. The lowest BCUT2D eigenvalue weighted by atomic mass is 10.3. The van der Waals surface area contributed by atoms with Gasteiger partial charge in [0, 0.05) is 23.8 Å². The fraction of sp³-hybridized carbons (Fsp3) is 0.143. The van der Waals surface area contributed by atoms with E-state index in [0.29, 0.717) is 5.78 Å². The van der Waals surface area contributed by atoms with Gasteiger partial charge in [0.1, 0.15) is 0 Å². The summed E-state index contributed by atoms with van der Waals surface area (Å²) in [5.74, 6) is -0.0818. The molecule has 110 valence electrons. The molecule has 0 aliphatic rings. The van der Waals surface area contributed by atoms with Gasteiger partial charge in [0.05, 0.1) is 6.21 Å². The number of carbonyl (C=O) groups is 1. The average molecular weight is 295 g/mol. The van der Waals surface area contributed by atoms with E-state index in [1.54, 1.807) is 24.5 Å². The number of hydrogen-bond donors (Lipinski definition) is 1. The first-order valence-electron chi connectivity index (χ1n) is 6.58. The van der Waals surface area contributed by atoms with Crippen LogP contribution in [-0.4, -0.2) is 36.7 Å². The summed E-state index contributed by atoms with van der Waals surface area (Å²) in [6.45, 7) is 3.74. The second-order valence-electron chi connectivity index (χ2n) is 4.67. The Morgan fingerprint density at radius 1 is 1.27 bits per heavy atom. The Hall–Kier alpha value is -3.16. The molecule has 0 aliphatic heterocycles. The number of nitrogens with zero attached hydrogens (tertiary/aromatic N) is 6. The Morgan fingerprint density at radius 3 is 2.82 bits per heavy atom. The molecule has 0 aromatic carbocycles. The van der Waals surface area contributed by atoms with Crippen LogP contribution in [0.2, 0.25) is 0 Å². The van der Waals surface area contributed by atoms with Gasteiger partial charge in [-0.1, -0.05) is 0 Å². The maximum Gasteiger partial charge on any atom is 0.311 e. The van der Waals surface area contributed by atoms with Crippen LogP contribution in [0.5, 0.6) is 0 Å². The molecule has 3 rings (SSSR count). The Labute approximate surface area is 125 Å². The first-order chi connectivity index (χ1) is 10.6. The van der Waals surface area contributed by atoms with Crippen LogP contribution in [0.1, 0.15) is 27.6 Å². The van der Waals surface area contributed by atoms with Gasteiger partial charge in [0.15, 0.2) is 0 Å². The number of aryl methyl sites for hydroxylation is 2. The normalized spacial score (nSPS) is 11.2. The minimum absolute atomic E-state index is 0.0214. The van der Waals surface area contributed by atoms with Gasteiger partial charge in [0.25, 0.3) is 5.78 Å². The van der Waals surface area contributed by atoms with Crippen LogP contribution in [0, 0.1) is 13.8 Å². The van der Waals surface area contributed by atoms with Gasteiger partial charge in [-0.25, -0.2) is 14.9 Å². The van der Waals surface area contributed by atoms with Crippen LogP contribution in [-0.2, 0) is 0 Å². The largest absolute Gasteiger partial charge is 0.311 e. The Kier molecular flexibility index (Phi) is 3.57. The summed E-state index contributed by atoms with van der Waals surface area (Å²) in [6.07, 6.45) is 4.80. The highest BCUT2D eigenvalue weighted by Gasteiger charge is 2.14. The van der Waals surface area contributed by atoms with Crippen molar-refractivity contribution in [2.45, 2.75) is 13.8 Å². The Balaban J connectivity index is 1.78. The quantitative estimate of drug-likeness (QED) is 0.572. The van der Waals surface area contributed by atoms with Gasteiger partial charge >= 0.3 is 5.91 Å². The topological polar surface area (TPSA) is 97.4 Å². The van der Waals surface area contributed by atoms with E-state index in [-0.39, 0.29) is 5.82 Å². The molecule has 8 nitrogen and oxygen atoms in total. The van der Waals surface area contributed by atoms with Crippen molar-refractivity contribution >= 4 is 17.9 Å². The molecule has 0 radical (unpaired) electrons. The number of aromatic nitrogens is 5. The van der Waals surface area contributed by atoms with Crippen molar-refractivity contribution in [1.82, 2.24) is 30.0 Å². The number of rotatable bonds is 3. The van der Waals surface area contributed by atoms with Gasteiger partial charge < -0.3 is 0 Å². The third-order valence-corrected chi connectivity index (χ3v) is 2.91. The predicted molar refractivity (Wildman–Crippen MR) is 79.6 cm³/mol. The van der Waals surface area contributed by atoms with Crippen molar-refractivity contribution in [2.75, 3.05) is 0 Å². The SMILES string of the molecule is Cc1cc(C)n2nc(C(=O)NN=Cc3ccncc3)nc2n1. The second kappa shape index (κ2) is 5.68. The molecule has 3 aromatic rings. The summed E-state index contributed by atoms with van der Waals surface area (Å²) >= 11 is 0. The zero-order chi connectivity index (χ0) is 15.5. The lowest BCUT2D eigenvalue weighted by molar-refractivity contribution is 0.0945. The van der Waals surface area contributed by atoms with Gasteiger partial charge in [-0.3, -0.25) is 9.78 Å². The van der Waals surface area contributed by atoms with E-state index in [9.17, 15) is 4.79 Å². The summed E-state index contributed by atoms with van der Waals surface area (Å²) in [7, 11) is 0. The molecule has 0 saturated carbocycles. The molecule has 0 aliphatic carbocycles. The maximum atomic E-state index is 12.0. The van der Waals surface area contributed by atoms with Crippen molar-refractivity contribution < 1.29 is 4.79 Å². The van der Waals surface area contributed by atoms with Crippen LogP contribution >= 0.6 is 0 Å². The lowest BCUT2D eigenvalue weighted by Crippen LogP contribution is -2.19. The highest BCUT2D eigenvalue weighted by atomic mass is 16.2. The van der Waals surface area contributed by atoms with Crippen molar-refractivity contribution in [3.05, 3.63) is 53.4 Å². The highest BCUT2D eigenvalue weighted by molar-refractivity contribution is 5.91. The Bertz CT molecular complexity index is 854. The summed E-state index contributed by atoms with van der Waals surface area (Å²) in [6, 6.07) is 5.41. The average Bonchev–Trinajstić information content (AvgIpc) is 2.92. The summed E-state index contributed by atoms with van der Waals surface area (Å²) < 4.78 is 1.52. The summed E-state index contributed by atoms with van der Waals surface area (Å²) in [5, 5.41) is 7.99. The van der Waals surface area contributed by atoms with Crippen molar-refractivity contribution in [2.24, 2.45) is 5.10 Å². The van der Waals surface area contributed by atoms with E-state index >= 15 is 0 Å². The molecule has 22 heavy (non-hydrogen) atoms. The second-order valence-corrected chi connectivity index (χ2v) is 4.67. The molecule has 0 spiro atoms. The van der Waals surface area contributed by atoms with E-state index in [1.807, 2.05) is 19.9 Å². The minimum Gasteiger partial charge on any atom is -0.265 e. The minimum atomic E-state index is -0.493. The summed E-state index contributed by atoms with van der Waals surface area (Å²) in [4.78, 5) is 24.2. The van der Waals surface area contributed by atoms with Gasteiger partial charge in [-0.2, -0.15) is 10.1 Å². The van der Waals surface area contributed by atoms with Gasteiger partial charge in [0.2, 0.25) is 5.82 Å². The van der Waals surface area contributed by atoms with Crippen molar-refractivity contribution in [3.8, 4) is 0 Å². The van der Waals surface area contributed by atoms with Crippen LogP contribution in [0.25, 0.3) is 5.78 Å². The molecule has 0 fully saturated rings.